The van der Waals surface area contributed by atoms with Gasteiger partial charge in [-0.15, -0.1) is 12.6 Å². The maximum Gasteiger partial charge on any atom is 0.323 e. The molecule has 0 aromatic heterocycles. The lowest BCUT2D eigenvalue weighted by Gasteiger charge is -2.09. The van der Waals surface area contributed by atoms with Gasteiger partial charge in [-0.1, -0.05) is 12.1 Å². The fourth-order valence-corrected chi connectivity index (χ4v) is 1.97. The Bertz CT molecular complexity index is 557. The normalized spacial score (nSPS) is 9.89. The molecule has 0 radical (unpaired) electrons. The first-order chi connectivity index (χ1) is 8.65. The number of benzene rings is 2. The molecule has 0 fully saturated rings. The minimum Gasteiger partial charge on any atom is -0.308 e. The van der Waals surface area contributed by atoms with Crippen LogP contribution in [-0.4, -0.2) is 6.03 Å². The lowest BCUT2D eigenvalue weighted by Crippen LogP contribution is -2.19. The first-order valence-electron chi connectivity index (χ1n) is 5.27. The predicted octanol–water partition coefficient (Wildman–Crippen LogP) is 4.22. The van der Waals surface area contributed by atoms with E-state index in [1.165, 1.54) is 0 Å². The molecule has 2 aromatic rings. The van der Waals surface area contributed by atoms with Crippen molar-refractivity contribution in [3.8, 4) is 0 Å². The van der Waals surface area contributed by atoms with Gasteiger partial charge in [-0.05, 0) is 59.0 Å². The molecule has 2 N–H and O–H groups in total. The number of nitrogens with one attached hydrogen (secondary N) is 2. The van der Waals surface area contributed by atoms with Crippen LogP contribution in [-0.2, 0) is 0 Å². The molecule has 2 rings (SSSR count). The highest BCUT2D eigenvalue weighted by atomic mass is 127. The summed E-state index contributed by atoms with van der Waals surface area (Å²) in [6, 6.07) is 14.6. The van der Waals surface area contributed by atoms with Crippen molar-refractivity contribution in [2.45, 2.75) is 4.90 Å². The Balaban J connectivity index is 2.01. The molecule has 0 saturated carbocycles. The summed E-state index contributed by atoms with van der Waals surface area (Å²) < 4.78 is 1.12. The Morgan fingerprint density at radius 3 is 2.33 bits per heavy atom. The van der Waals surface area contributed by atoms with E-state index in [0.29, 0.717) is 5.69 Å². The van der Waals surface area contributed by atoms with Crippen molar-refractivity contribution < 1.29 is 4.79 Å². The van der Waals surface area contributed by atoms with Crippen LogP contribution in [0.4, 0.5) is 16.2 Å². The van der Waals surface area contributed by atoms with Crippen molar-refractivity contribution in [1.29, 1.82) is 0 Å². The molecule has 0 atom stereocenters. The number of thiol groups is 1. The third-order valence-electron chi connectivity index (χ3n) is 2.25. The topological polar surface area (TPSA) is 41.1 Å². The number of hydrogen-bond donors (Lipinski definition) is 3. The number of halogens is 1. The van der Waals surface area contributed by atoms with Gasteiger partial charge in [0.05, 0.1) is 5.69 Å². The average Bonchev–Trinajstić information content (AvgIpc) is 2.35. The molecule has 3 nitrogen and oxygen atoms in total. The molecule has 0 spiro atoms. The summed E-state index contributed by atoms with van der Waals surface area (Å²) >= 11 is 6.48. The molecule has 92 valence electrons. The first-order valence-corrected chi connectivity index (χ1v) is 6.79. The summed E-state index contributed by atoms with van der Waals surface area (Å²) in [7, 11) is 0. The molecular weight excluding hydrogens is 359 g/mol. The highest BCUT2D eigenvalue weighted by Gasteiger charge is 2.04. The van der Waals surface area contributed by atoms with E-state index in [1.54, 1.807) is 6.07 Å². The molecule has 0 aliphatic carbocycles. The van der Waals surface area contributed by atoms with Crippen LogP contribution in [0.3, 0.4) is 0 Å². The molecule has 2 aromatic carbocycles. The van der Waals surface area contributed by atoms with E-state index in [0.717, 1.165) is 14.2 Å². The third kappa shape index (κ3) is 3.64. The summed E-state index contributed by atoms with van der Waals surface area (Å²) in [5, 5.41) is 5.50. The molecular formula is C13H11IN2OS. The van der Waals surface area contributed by atoms with Crippen molar-refractivity contribution in [3.05, 3.63) is 52.1 Å². The van der Waals surface area contributed by atoms with Gasteiger partial charge in [0.2, 0.25) is 0 Å². The third-order valence-corrected chi connectivity index (χ3v) is 3.36. The largest absolute Gasteiger partial charge is 0.323 e. The van der Waals surface area contributed by atoms with Crippen LogP contribution in [0.5, 0.6) is 0 Å². The maximum absolute atomic E-state index is 11.8. The molecule has 0 saturated heterocycles. The zero-order valence-corrected chi connectivity index (χ0v) is 12.4. The molecule has 2 amide bonds. The van der Waals surface area contributed by atoms with Gasteiger partial charge >= 0.3 is 6.03 Å². The number of carbonyl (C=O) groups excluding carboxylic acids is 1. The monoisotopic (exact) mass is 370 g/mol. The summed E-state index contributed by atoms with van der Waals surface area (Å²) in [5.41, 5.74) is 1.44. The Hall–Kier alpha value is -1.21. The van der Waals surface area contributed by atoms with E-state index in [9.17, 15) is 4.79 Å². The molecule has 0 unspecified atom stereocenters. The number of amides is 2. The van der Waals surface area contributed by atoms with Crippen molar-refractivity contribution in [1.82, 2.24) is 0 Å². The number of rotatable bonds is 2. The molecule has 0 heterocycles. The molecule has 18 heavy (non-hydrogen) atoms. The minimum atomic E-state index is -0.280. The van der Waals surface area contributed by atoms with E-state index in [2.05, 4.69) is 45.9 Å². The number of hydrogen-bond acceptors (Lipinski definition) is 2. The summed E-state index contributed by atoms with van der Waals surface area (Å²) in [6.07, 6.45) is 0. The Morgan fingerprint density at radius 1 is 1.00 bits per heavy atom. The Kier molecular flexibility index (Phi) is 4.48. The molecule has 0 aliphatic heterocycles. The highest BCUT2D eigenvalue weighted by Crippen LogP contribution is 2.19. The second kappa shape index (κ2) is 6.10. The Morgan fingerprint density at radius 2 is 1.67 bits per heavy atom. The lowest BCUT2D eigenvalue weighted by molar-refractivity contribution is 0.262. The number of para-hydroxylation sites is 1. The number of anilines is 2. The van der Waals surface area contributed by atoms with Crippen LogP contribution in [0.2, 0.25) is 0 Å². The fourth-order valence-electron chi connectivity index (χ4n) is 1.40. The van der Waals surface area contributed by atoms with Gasteiger partial charge in [0.15, 0.2) is 0 Å². The zero-order valence-electron chi connectivity index (χ0n) is 9.35. The summed E-state index contributed by atoms with van der Waals surface area (Å²) in [5.74, 6) is 0. The quantitative estimate of drug-likeness (QED) is 0.538. The van der Waals surface area contributed by atoms with Gasteiger partial charge in [-0.2, -0.15) is 0 Å². The average molecular weight is 370 g/mol. The van der Waals surface area contributed by atoms with Gasteiger partial charge in [-0.3, -0.25) is 0 Å². The van der Waals surface area contributed by atoms with Crippen molar-refractivity contribution in [3.63, 3.8) is 0 Å². The fraction of sp³-hybridized carbons (Fsp3) is 0. The predicted molar refractivity (Wildman–Crippen MR) is 85.5 cm³/mol. The number of carbonyl (C=O) groups is 1. The lowest BCUT2D eigenvalue weighted by atomic mass is 10.3. The van der Waals surface area contributed by atoms with Crippen LogP contribution in [0.25, 0.3) is 0 Å². The van der Waals surface area contributed by atoms with Crippen LogP contribution < -0.4 is 10.6 Å². The molecule has 5 heteroatoms. The maximum atomic E-state index is 11.8. The Labute approximate surface area is 125 Å². The van der Waals surface area contributed by atoms with Crippen LogP contribution in [0.1, 0.15) is 0 Å². The minimum absolute atomic E-state index is 0.280. The second-order valence-corrected chi connectivity index (χ2v) is 5.33. The SMILES string of the molecule is O=C(Nc1ccc(I)cc1)Nc1ccccc1S. The van der Waals surface area contributed by atoms with Gasteiger partial charge in [0.25, 0.3) is 0 Å². The first kappa shape index (κ1) is 13.2. The van der Waals surface area contributed by atoms with E-state index in [4.69, 9.17) is 0 Å². The smallest absolute Gasteiger partial charge is 0.308 e. The van der Waals surface area contributed by atoms with Crippen LogP contribution in [0, 0.1) is 3.57 Å². The number of urea groups is 1. The van der Waals surface area contributed by atoms with E-state index in [-0.39, 0.29) is 6.03 Å². The molecule has 0 bridgehead atoms. The van der Waals surface area contributed by atoms with Crippen LogP contribution >= 0.6 is 35.2 Å². The van der Waals surface area contributed by atoms with Gasteiger partial charge in [0, 0.05) is 14.2 Å². The van der Waals surface area contributed by atoms with Gasteiger partial charge in [0.1, 0.15) is 0 Å². The van der Waals surface area contributed by atoms with E-state index >= 15 is 0 Å². The van der Waals surface area contributed by atoms with Crippen LogP contribution in [0.15, 0.2) is 53.4 Å². The van der Waals surface area contributed by atoms with Gasteiger partial charge < -0.3 is 10.6 Å². The van der Waals surface area contributed by atoms with Crippen molar-refractivity contribution in [2.75, 3.05) is 10.6 Å². The van der Waals surface area contributed by atoms with Gasteiger partial charge in [-0.25, -0.2) is 4.79 Å². The zero-order chi connectivity index (χ0) is 13.0. The van der Waals surface area contributed by atoms with Crippen molar-refractivity contribution in [2.24, 2.45) is 0 Å². The van der Waals surface area contributed by atoms with E-state index < -0.39 is 0 Å². The second-order valence-electron chi connectivity index (χ2n) is 3.60. The summed E-state index contributed by atoms with van der Waals surface area (Å²) in [4.78, 5) is 12.5. The summed E-state index contributed by atoms with van der Waals surface area (Å²) in [6.45, 7) is 0. The highest BCUT2D eigenvalue weighted by molar-refractivity contribution is 14.1. The molecule has 0 aliphatic rings. The standard InChI is InChI=1S/C13H11IN2OS/c14-9-5-7-10(8-6-9)15-13(17)16-11-3-1-2-4-12(11)18/h1-8,18H,(H2,15,16,17). The van der Waals surface area contributed by atoms with Crippen molar-refractivity contribution >= 4 is 52.6 Å². The van der Waals surface area contributed by atoms with E-state index in [1.807, 2.05) is 42.5 Å².